The molecule has 0 aliphatic heterocycles. The summed E-state index contributed by atoms with van der Waals surface area (Å²) in [5, 5.41) is 18.1. The monoisotopic (exact) mass is 263 g/mol. The highest BCUT2D eigenvalue weighted by Gasteiger charge is 2.09. The van der Waals surface area contributed by atoms with E-state index in [-0.39, 0.29) is 11.3 Å². The lowest BCUT2D eigenvalue weighted by atomic mass is 10.1. The molecule has 3 nitrogen and oxygen atoms in total. The smallest absolute Gasteiger partial charge is 0.148 e. The first-order valence-electron chi connectivity index (χ1n) is 4.19. The largest absolute Gasteiger partial charge is 0.507 e. The molecule has 0 unspecified atom stereocenters. The van der Waals surface area contributed by atoms with Crippen LogP contribution in [0.1, 0.15) is 5.56 Å². The maximum Gasteiger partial charge on any atom is 0.148 e. The van der Waals surface area contributed by atoms with Gasteiger partial charge < -0.3 is 9.52 Å². The van der Waals surface area contributed by atoms with Crippen molar-refractivity contribution in [3.05, 3.63) is 40.6 Å². The third-order valence-electron chi connectivity index (χ3n) is 2.00. The van der Waals surface area contributed by atoms with E-state index in [0.29, 0.717) is 5.76 Å². The second kappa shape index (κ2) is 3.79. The lowest BCUT2D eigenvalue weighted by molar-refractivity contribution is 0.473. The van der Waals surface area contributed by atoms with E-state index in [0.717, 1.165) is 10.0 Å². The Kier molecular flexibility index (Phi) is 2.48. The molecule has 0 amide bonds. The van der Waals surface area contributed by atoms with Gasteiger partial charge in [-0.05, 0) is 40.2 Å². The molecule has 1 N–H and O–H groups in total. The van der Waals surface area contributed by atoms with Gasteiger partial charge in [0.15, 0.2) is 0 Å². The van der Waals surface area contributed by atoms with Gasteiger partial charge >= 0.3 is 0 Å². The Labute approximate surface area is 94.7 Å². The highest BCUT2D eigenvalue weighted by atomic mass is 79.9. The Balaban J connectivity index is 2.57. The number of nitrogens with zero attached hydrogens (tertiary/aromatic N) is 1. The van der Waals surface area contributed by atoms with E-state index < -0.39 is 0 Å². The zero-order chi connectivity index (χ0) is 10.8. The maximum absolute atomic E-state index is 9.34. The molecular formula is C11H6BrNO2. The van der Waals surface area contributed by atoms with Crippen molar-refractivity contribution in [1.82, 2.24) is 0 Å². The molecule has 2 rings (SSSR count). The Morgan fingerprint density at radius 3 is 2.73 bits per heavy atom. The summed E-state index contributed by atoms with van der Waals surface area (Å²) in [6.07, 6.45) is 1.55. The average Bonchev–Trinajstić information content (AvgIpc) is 2.65. The molecule has 0 saturated heterocycles. The molecule has 15 heavy (non-hydrogen) atoms. The van der Waals surface area contributed by atoms with Crippen molar-refractivity contribution in [1.29, 1.82) is 5.26 Å². The number of nitriles is 1. The highest BCUT2D eigenvalue weighted by molar-refractivity contribution is 9.10. The van der Waals surface area contributed by atoms with Crippen LogP contribution >= 0.6 is 15.9 Å². The van der Waals surface area contributed by atoms with E-state index in [9.17, 15) is 5.11 Å². The molecule has 0 fully saturated rings. The van der Waals surface area contributed by atoms with Crippen LogP contribution in [0.2, 0.25) is 0 Å². The number of phenolic OH excluding ortho intramolecular Hbond substituents is 1. The second-order valence-electron chi connectivity index (χ2n) is 2.94. The molecule has 0 bridgehead atoms. The number of phenols is 1. The number of rotatable bonds is 1. The van der Waals surface area contributed by atoms with Gasteiger partial charge in [0.2, 0.25) is 0 Å². The molecule has 74 valence electrons. The Morgan fingerprint density at radius 2 is 2.13 bits per heavy atom. The predicted molar refractivity (Wildman–Crippen MR) is 58.2 cm³/mol. The van der Waals surface area contributed by atoms with Crippen molar-refractivity contribution in [2.24, 2.45) is 0 Å². The van der Waals surface area contributed by atoms with Gasteiger partial charge in [0.25, 0.3) is 0 Å². The lowest BCUT2D eigenvalue weighted by Gasteiger charge is -2.00. The summed E-state index contributed by atoms with van der Waals surface area (Å²) in [5.74, 6) is 0.621. The third-order valence-corrected chi connectivity index (χ3v) is 2.62. The first kappa shape index (κ1) is 9.81. The van der Waals surface area contributed by atoms with Gasteiger partial charge in [-0.15, -0.1) is 0 Å². The summed E-state index contributed by atoms with van der Waals surface area (Å²) in [6.45, 7) is 0. The van der Waals surface area contributed by atoms with Crippen molar-refractivity contribution in [3.63, 3.8) is 0 Å². The van der Waals surface area contributed by atoms with Gasteiger partial charge in [0.05, 0.1) is 16.3 Å². The second-order valence-corrected chi connectivity index (χ2v) is 3.80. The molecule has 0 radical (unpaired) electrons. The highest BCUT2D eigenvalue weighted by Crippen LogP contribution is 2.31. The van der Waals surface area contributed by atoms with Crippen LogP contribution in [0.3, 0.4) is 0 Å². The van der Waals surface area contributed by atoms with Gasteiger partial charge in [-0.1, -0.05) is 0 Å². The average molecular weight is 264 g/mol. The van der Waals surface area contributed by atoms with Crippen LogP contribution in [-0.2, 0) is 0 Å². The van der Waals surface area contributed by atoms with Crippen molar-refractivity contribution < 1.29 is 9.52 Å². The summed E-state index contributed by atoms with van der Waals surface area (Å²) in [6, 6.07) is 8.43. The molecule has 0 spiro atoms. The van der Waals surface area contributed by atoms with Crippen LogP contribution < -0.4 is 0 Å². The Hall–Kier alpha value is -1.73. The number of aromatic hydroxyl groups is 1. The zero-order valence-electron chi connectivity index (χ0n) is 7.57. The SMILES string of the molecule is N#Cc1cc(-c2occc2Br)ccc1O. The summed E-state index contributed by atoms with van der Waals surface area (Å²) in [7, 11) is 0. The van der Waals surface area contributed by atoms with Gasteiger partial charge in [0, 0.05) is 5.56 Å². The van der Waals surface area contributed by atoms with Crippen LogP contribution in [0.5, 0.6) is 5.75 Å². The predicted octanol–water partition coefficient (Wildman–Crippen LogP) is 3.29. The number of hydrogen-bond donors (Lipinski definition) is 1. The molecular weight excluding hydrogens is 258 g/mol. The topological polar surface area (TPSA) is 57.2 Å². The van der Waals surface area contributed by atoms with Gasteiger partial charge in [0.1, 0.15) is 17.6 Å². The van der Waals surface area contributed by atoms with Crippen LogP contribution in [0.25, 0.3) is 11.3 Å². The quantitative estimate of drug-likeness (QED) is 0.859. The van der Waals surface area contributed by atoms with Crippen LogP contribution in [0.15, 0.2) is 39.4 Å². The van der Waals surface area contributed by atoms with Crippen molar-refractivity contribution in [3.8, 4) is 23.1 Å². The van der Waals surface area contributed by atoms with Gasteiger partial charge in [-0.3, -0.25) is 0 Å². The number of halogens is 1. The Bertz CT molecular complexity index is 540. The maximum atomic E-state index is 9.34. The Morgan fingerprint density at radius 1 is 1.33 bits per heavy atom. The fraction of sp³-hybridized carbons (Fsp3) is 0. The third kappa shape index (κ3) is 1.74. The molecule has 0 aliphatic carbocycles. The van der Waals surface area contributed by atoms with E-state index in [1.807, 2.05) is 6.07 Å². The van der Waals surface area contributed by atoms with E-state index in [4.69, 9.17) is 9.68 Å². The molecule has 1 aromatic carbocycles. The molecule has 0 aliphatic rings. The minimum atomic E-state index is -0.0241. The summed E-state index contributed by atoms with van der Waals surface area (Å²) >= 11 is 3.33. The lowest BCUT2D eigenvalue weighted by Crippen LogP contribution is -1.80. The van der Waals surface area contributed by atoms with Crippen molar-refractivity contribution in [2.45, 2.75) is 0 Å². The number of benzene rings is 1. The van der Waals surface area contributed by atoms with E-state index >= 15 is 0 Å². The molecule has 4 heteroatoms. The zero-order valence-corrected chi connectivity index (χ0v) is 9.15. The minimum absolute atomic E-state index is 0.0241. The fourth-order valence-corrected chi connectivity index (χ4v) is 1.70. The number of furan rings is 1. The van der Waals surface area contributed by atoms with Crippen LogP contribution in [-0.4, -0.2) is 5.11 Å². The molecule has 0 saturated carbocycles. The summed E-state index contributed by atoms with van der Waals surface area (Å²) in [4.78, 5) is 0. The van der Waals surface area contributed by atoms with E-state index in [1.54, 1.807) is 24.5 Å². The molecule has 2 aromatic rings. The molecule has 1 heterocycles. The van der Waals surface area contributed by atoms with Crippen molar-refractivity contribution in [2.75, 3.05) is 0 Å². The van der Waals surface area contributed by atoms with E-state index in [2.05, 4.69) is 15.9 Å². The molecule has 1 aromatic heterocycles. The van der Waals surface area contributed by atoms with Gasteiger partial charge in [-0.2, -0.15) is 5.26 Å². The first-order chi connectivity index (χ1) is 7.22. The van der Waals surface area contributed by atoms with E-state index in [1.165, 1.54) is 6.07 Å². The summed E-state index contributed by atoms with van der Waals surface area (Å²) in [5.41, 5.74) is 0.983. The first-order valence-corrected chi connectivity index (χ1v) is 4.98. The normalized spacial score (nSPS) is 9.87. The van der Waals surface area contributed by atoms with Crippen LogP contribution in [0, 0.1) is 11.3 Å². The van der Waals surface area contributed by atoms with Crippen LogP contribution in [0.4, 0.5) is 0 Å². The molecule has 0 atom stereocenters. The van der Waals surface area contributed by atoms with Gasteiger partial charge in [-0.25, -0.2) is 0 Å². The minimum Gasteiger partial charge on any atom is -0.507 e. The number of hydrogen-bond acceptors (Lipinski definition) is 3. The standard InChI is InChI=1S/C11H6BrNO2/c12-9-3-4-15-11(9)7-1-2-10(14)8(5-7)6-13/h1-5,14H. The summed E-state index contributed by atoms with van der Waals surface area (Å²) < 4.78 is 6.07. The van der Waals surface area contributed by atoms with Crippen molar-refractivity contribution >= 4 is 15.9 Å². The fourth-order valence-electron chi connectivity index (χ4n) is 1.27.